The number of ether oxygens (including phenoxy) is 2. The molecule has 2 saturated heterocycles. The maximum absolute atomic E-state index is 12.7. The number of rotatable bonds is 7. The number of benzene rings is 1. The van der Waals surface area contributed by atoms with E-state index >= 15 is 0 Å². The Hall–Kier alpha value is -2.45. The van der Waals surface area contributed by atoms with Gasteiger partial charge >= 0.3 is 5.97 Å². The van der Waals surface area contributed by atoms with E-state index in [-0.39, 0.29) is 12.5 Å². The van der Waals surface area contributed by atoms with E-state index in [4.69, 9.17) is 9.47 Å². The Morgan fingerprint density at radius 1 is 1.17 bits per heavy atom. The maximum Gasteiger partial charge on any atom is 0.355 e. The van der Waals surface area contributed by atoms with Crippen LogP contribution in [0.25, 0.3) is 0 Å². The second-order valence-electron chi connectivity index (χ2n) is 7.35. The van der Waals surface area contributed by atoms with Crippen LogP contribution in [0.2, 0.25) is 0 Å². The molecule has 0 aliphatic carbocycles. The molecule has 2 aliphatic rings. The van der Waals surface area contributed by atoms with Crippen LogP contribution in [0.1, 0.15) is 26.7 Å². The van der Waals surface area contributed by atoms with Crippen molar-refractivity contribution in [3.05, 3.63) is 24.3 Å². The predicted octanol–water partition coefficient (Wildman–Crippen LogP) is 0.987. The summed E-state index contributed by atoms with van der Waals surface area (Å²) in [5, 5.41) is 3.36. The average Bonchev–Trinajstić information content (AvgIpc) is 2.73. The molecule has 29 heavy (non-hydrogen) atoms. The molecule has 0 radical (unpaired) electrons. The van der Waals surface area contributed by atoms with Gasteiger partial charge in [0.05, 0.1) is 13.2 Å². The third kappa shape index (κ3) is 5.33. The Balaban J connectivity index is 1.60. The van der Waals surface area contributed by atoms with Crippen molar-refractivity contribution >= 4 is 23.3 Å². The lowest BCUT2D eigenvalue weighted by molar-refractivity contribution is -0.155. The van der Waals surface area contributed by atoms with Gasteiger partial charge < -0.3 is 19.7 Å². The van der Waals surface area contributed by atoms with Crippen LogP contribution in [0.3, 0.4) is 0 Å². The standard InChI is InChI=1S/C21H29N3O5/c1-3-28-21(27)20(15(2)25)29-18-6-4-17(5-7-18)24-13-12-23(14-19(24)26)16-8-10-22-11-9-16/h4-7,16,20,22H,3,8-14H2,1-2H3. The number of hydrogen-bond acceptors (Lipinski definition) is 7. The van der Waals surface area contributed by atoms with Crippen LogP contribution < -0.4 is 15.0 Å². The second-order valence-corrected chi connectivity index (χ2v) is 7.35. The van der Waals surface area contributed by atoms with Crippen LogP contribution in [-0.2, 0) is 19.1 Å². The number of esters is 1. The van der Waals surface area contributed by atoms with Crippen LogP contribution in [0.4, 0.5) is 5.69 Å². The predicted molar refractivity (Wildman–Crippen MR) is 108 cm³/mol. The van der Waals surface area contributed by atoms with Gasteiger partial charge in [0.15, 0.2) is 5.78 Å². The molecule has 1 atom stereocenters. The zero-order chi connectivity index (χ0) is 20.8. The smallest absolute Gasteiger partial charge is 0.355 e. The molecule has 158 valence electrons. The molecule has 2 fully saturated rings. The third-order valence-corrected chi connectivity index (χ3v) is 5.35. The normalized spacial score (nSPS) is 19.7. The summed E-state index contributed by atoms with van der Waals surface area (Å²) < 4.78 is 10.4. The Morgan fingerprint density at radius 2 is 1.86 bits per heavy atom. The summed E-state index contributed by atoms with van der Waals surface area (Å²) in [7, 11) is 0. The van der Waals surface area contributed by atoms with E-state index in [1.807, 2.05) is 0 Å². The summed E-state index contributed by atoms with van der Waals surface area (Å²) in [5.74, 6) is -0.663. The van der Waals surface area contributed by atoms with Gasteiger partial charge in [0.25, 0.3) is 6.10 Å². The van der Waals surface area contributed by atoms with E-state index in [9.17, 15) is 14.4 Å². The molecule has 1 unspecified atom stereocenters. The number of ketones is 1. The largest absolute Gasteiger partial charge is 0.471 e. The summed E-state index contributed by atoms with van der Waals surface area (Å²) in [6, 6.07) is 7.35. The molecule has 0 spiro atoms. The zero-order valence-electron chi connectivity index (χ0n) is 17.1. The van der Waals surface area contributed by atoms with Crippen molar-refractivity contribution in [1.29, 1.82) is 0 Å². The summed E-state index contributed by atoms with van der Waals surface area (Å²) >= 11 is 0. The first-order chi connectivity index (χ1) is 14.0. The van der Waals surface area contributed by atoms with Crippen molar-refractivity contribution in [1.82, 2.24) is 10.2 Å². The summed E-state index contributed by atoms with van der Waals surface area (Å²) in [6.07, 6.45) is 0.879. The van der Waals surface area contributed by atoms with Gasteiger partial charge in [0.2, 0.25) is 5.91 Å². The summed E-state index contributed by atoms with van der Waals surface area (Å²) in [6.45, 7) is 7.07. The van der Waals surface area contributed by atoms with E-state index in [1.54, 1.807) is 36.1 Å². The minimum atomic E-state index is -1.28. The topological polar surface area (TPSA) is 88.2 Å². The fourth-order valence-electron chi connectivity index (χ4n) is 3.80. The first-order valence-electron chi connectivity index (χ1n) is 10.2. The van der Waals surface area contributed by atoms with Crippen LogP contribution in [0.5, 0.6) is 5.75 Å². The van der Waals surface area contributed by atoms with Crippen molar-refractivity contribution in [2.45, 2.75) is 38.8 Å². The Bertz CT molecular complexity index is 730. The molecule has 1 N–H and O–H groups in total. The molecule has 1 amide bonds. The van der Waals surface area contributed by atoms with Gasteiger partial charge in [0, 0.05) is 24.8 Å². The first-order valence-corrected chi connectivity index (χ1v) is 10.2. The van der Waals surface area contributed by atoms with Gasteiger partial charge in [0.1, 0.15) is 5.75 Å². The SMILES string of the molecule is CCOC(=O)C(Oc1ccc(N2CCN(C3CCNCC3)CC2=O)cc1)C(C)=O. The molecular formula is C21H29N3O5. The lowest BCUT2D eigenvalue weighted by Gasteiger charge is -2.40. The van der Waals surface area contributed by atoms with Crippen molar-refractivity contribution < 1.29 is 23.9 Å². The lowest BCUT2D eigenvalue weighted by atomic mass is 10.0. The fourth-order valence-corrected chi connectivity index (χ4v) is 3.80. The number of Topliss-reactive ketones (excluding diaryl/α,β-unsaturated/α-hetero) is 1. The molecule has 2 heterocycles. The van der Waals surface area contributed by atoms with Gasteiger partial charge in [-0.05, 0) is 64.0 Å². The van der Waals surface area contributed by atoms with Crippen LogP contribution in [-0.4, -0.2) is 74.0 Å². The Kier molecular flexibility index (Phi) is 7.22. The molecule has 8 nitrogen and oxygen atoms in total. The highest BCUT2D eigenvalue weighted by molar-refractivity contribution is 6.01. The highest BCUT2D eigenvalue weighted by Gasteiger charge is 2.30. The number of amides is 1. The number of piperidine rings is 1. The number of anilines is 1. The zero-order valence-corrected chi connectivity index (χ0v) is 17.1. The molecule has 3 rings (SSSR count). The van der Waals surface area contributed by atoms with E-state index in [0.717, 1.165) is 38.2 Å². The molecule has 2 aliphatic heterocycles. The number of nitrogens with zero attached hydrogens (tertiary/aromatic N) is 2. The minimum absolute atomic E-state index is 0.0802. The Morgan fingerprint density at radius 3 is 2.45 bits per heavy atom. The Labute approximate surface area is 171 Å². The first kappa shape index (κ1) is 21.3. The highest BCUT2D eigenvalue weighted by atomic mass is 16.6. The summed E-state index contributed by atoms with van der Waals surface area (Å²) in [5.41, 5.74) is 0.780. The van der Waals surface area contributed by atoms with Gasteiger partial charge in [-0.25, -0.2) is 4.79 Å². The van der Waals surface area contributed by atoms with Crippen LogP contribution in [0, 0.1) is 0 Å². The lowest BCUT2D eigenvalue weighted by Crippen LogP contribution is -2.55. The summed E-state index contributed by atoms with van der Waals surface area (Å²) in [4.78, 5) is 40.3. The number of carbonyl (C=O) groups excluding carboxylic acids is 3. The number of piperazine rings is 1. The van der Waals surface area contributed by atoms with E-state index in [1.165, 1.54) is 6.92 Å². The quantitative estimate of drug-likeness (QED) is 0.536. The van der Waals surface area contributed by atoms with Gasteiger partial charge in [-0.3, -0.25) is 14.5 Å². The second kappa shape index (κ2) is 9.84. The van der Waals surface area contributed by atoms with Crippen molar-refractivity contribution in [2.75, 3.05) is 44.2 Å². The van der Waals surface area contributed by atoms with E-state index in [2.05, 4.69) is 10.2 Å². The number of carbonyl (C=O) groups is 3. The third-order valence-electron chi connectivity index (χ3n) is 5.35. The van der Waals surface area contributed by atoms with Crippen LogP contribution in [0.15, 0.2) is 24.3 Å². The molecule has 1 aromatic carbocycles. The van der Waals surface area contributed by atoms with Crippen molar-refractivity contribution in [2.24, 2.45) is 0 Å². The van der Waals surface area contributed by atoms with Crippen molar-refractivity contribution in [3.63, 3.8) is 0 Å². The number of nitrogens with one attached hydrogen (secondary N) is 1. The van der Waals surface area contributed by atoms with Gasteiger partial charge in [-0.1, -0.05) is 0 Å². The molecule has 1 aromatic rings. The van der Waals surface area contributed by atoms with Crippen molar-refractivity contribution in [3.8, 4) is 5.75 Å². The average molecular weight is 403 g/mol. The maximum atomic E-state index is 12.7. The van der Waals surface area contributed by atoms with Gasteiger partial charge in [-0.15, -0.1) is 0 Å². The minimum Gasteiger partial charge on any atom is -0.471 e. The van der Waals surface area contributed by atoms with E-state index in [0.29, 0.717) is 24.9 Å². The monoisotopic (exact) mass is 403 g/mol. The van der Waals surface area contributed by atoms with Gasteiger partial charge in [-0.2, -0.15) is 0 Å². The molecule has 8 heteroatoms. The molecule has 0 saturated carbocycles. The fraction of sp³-hybridized carbons (Fsp3) is 0.571. The molecule has 0 aromatic heterocycles. The van der Waals surface area contributed by atoms with E-state index < -0.39 is 17.9 Å². The molecule has 0 bridgehead atoms. The highest BCUT2D eigenvalue weighted by Crippen LogP contribution is 2.24. The number of hydrogen-bond donors (Lipinski definition) is 1. The van der Waals surface area contributed by atoms with Crippen LogP contribution >= 0.6 is 0 Å². The molecular weight excluding hydrogens is 374 g/mol.